The molecule has 23 heavy (non-hydrogen) atoms. The van der Waals surface area contributed by atoms with E-state index in [2.05, 4.69) is 17.2 Å². The number of benzene rings is 1. The summed E-state index contributed by atoms with van der Waals surface area (Å²) < 4.78 is 5.63. The molecule has 5 nitrogen and oxygen atoms in total. The largest absolute Gasteiger partial charge is 0.494 e. The fourth-order valence-electron chi connectivity index (χ4n) is 2.69. The van der Waals surface area contributed by atoms with E-state index >= 15 is 0 Å². The molecular formula is C18H23N3O2. The van der Waals surface area contributed by atoms with Crippen molar-refractivity contribution in [2.45, 2.75) is 32.7 Å². The number of urea groups is 1. The van der Waals surface area contributed by atoms with Crippen molar-refractivity contribution in [1.29, 1.82) is 0 Å². The Labute approximate surface area is 136 Å². The Morgan fingerprint density at radius 3 is 2.91 bits per heavy atom. The van der Waals surface area contributed by atoms with Gasteiger partial charge >= 0.3 is 6.03 Å². The lowest BCUT2D eigenvalue weighted by Crippen LogP contribution is -2.38. The summed E-state index contributed by atoms with van der Waals surface area (Å²) in [5, 5.41) is 2.95. The topological polar surface area (TPSA) is 57.4 Å². The Morgan fingerprint density at radius 1 is 1.30 bits per heavy atom. The molecule has 1 aromatic heterocycles. The SMILES string of the molecule is CCCCOc1ccc(NC(=O)N2CCc3[nH]ccc3C2)cc1. The quantitative estimate of drug-likeness (QED) is 0.825. The van der Waals surface area contributed by atoms with Crippen LogP contribution in [0.15, 0.2) is 36.5 Å². The maximum Gasteiger partial charge on any atom is 0.322 e. The Hall–Kier alpha value is -2.43. The fraction of sp³-hybridized carbons (Fsp3) is 0.389. The first-order valence-corrected chi connectivity index (χ1v) is 8.20. The van der Waals surface area contributed by atoms with Crippen LogP contribution in [0.25, 0.3) is 0 Å². The molecule has 3 rings (SSSR count). The highest BCUT2D eigenvalue weighted by Gasteiger charge is 2.21. The average Bonchev–Trinajstić information content (AvgIpc) is 3.04. The third kappa shape index (κ3) is 3.86. The van der Waals surface area contributed by atoms with Crippen molar-refractivity contribution in [2.75, 3.05) is 18.5 Å². The number of anilines is 1. The lowest BCUT2D eigenvalue weighted by molar-refractivity contribution is 0.206. The Morgan fingerprint density at radius 2 is 2.13 bits per heavy atom. The summed E-state index contributed by atoms with van der Waals surface area (Å²) in [7, 11) is 0. The first-order valence-electron chi connectivity index (χ1n) is 8.20. The number of aromatic amines is 1. The van der Waals surface area contributed by atoms with Crippen molar-refractivity contribution in [2.24, 2.45) is 0 Å². The van der Waals surface area contributed by atoms with Gasteiger partial charge in [-0.1, -0.05) is 13.3 Å². The molecule has 122 valence electrons. The number of nitrogens with one attached hydrogen (secondary N) is 2. The number of fused-ring (bicyclic) bond motifs is 1. The number of hydrogen-bond donors (Lipinski definition) is 2. The number of ether oxygens (including phenoxy) is 1. The van der Waals surface area contributed by atoms with Crippen molar-refractivity contribution >= 4 is 11.7 Å². The third-order valence-corrected chi connectivity index (χ3v) is 4.08. The van der Waals surface area contributed by atoms with Crippen molar-refractivity contribution in [3.05, 3.63) is 47.8 Å². The van der Waals surface area contributed by atoms with Gasteiger partial charge in [0.05, 0.1) is 6.61 Å². The highest BCUT2D eigenvalue weighted by molar-refractivity contribution is 5.89. The van der Waals surface area contributed by atoms with Gasteiger partial charge in [-0.15, -0.1) is 0 Å². The second kappa shape index (κ2) is 7.22. The van der Waals surface area contributed by atoms with Crippen LogP contribution in [0.4, 0.5) is 10.5 Å². The van der Waals surface area contributed by atoms with Gasteiger partial charge in [0, 0.05) is 37.1 Å². The molecule has 0 fully saturated rings. The zero-order valence-electron chi connectivity index (χ0n) is 13.5. The van der Waals surface area contributed by atoms with Gasteiger partial charge in [-0.05, 0) is 42.3 Å². The van der Waals surface area contributed by atoms with Crippen molar-refractivity contribution in [3.63, 3.8) is 0 Å². The summed E-state index contributed by atoms with van der Waals surface area (Å²) in [6, 6.07) is 9.53. The van der Waals surface area contributed by atoms with Crippen molar-refractivity contribution in [1.82, 2.24) is 9.88 Å². The van der Waals surface area contributed by atoms with E-state index in [1.54, 1.807) is 0 Å². The number of unbranched alkanes of at least 4 members (excludes halogenated alkanes) is 1. The van der Waals surface area contributed by atoms with E-state index in [9.17, 15) is 4.79 Å². The minimum absolute atomic E-state index is 0.0588. The van der Waals surface area contributed by atoms with Crippen LogP contribution in [0, 0.1) is 0 Å². The molecule has 2 heterocycles. The number of carbonyl (C=O) groups excluding carboxylic acids is 1. The standard InChI is InChI=1S/C18H23N3O2/c1-2-3-12-23-16-6-4-15(5-7-16)20-18(22)21-11-9-17-14(13-21)8-10-19-17/h4-8,10,19H,2-3,9,11-13H2,1H3,(H,20,22). The van der Waals surface area contributed by atoms with Gasteiger partial charge in [-0.25, -0.2) is 4.79 Å². The van der Waals surface area contributed by atoms with Crippen molar-refractivity contribution in [3.8, 4) is 5.75 Å². The number of nitrogens with zero attached hydrogens (tertiary/aromatic N) is 1. The molecule has 0 spiro atoms. The molecule has 2 amide bonds. The lowest BCUT2D eigenvalue weighted by atomic mass is 10.1. The molecule has 5 heteroatoms. The molecule has 2 aromatic rings. The maximum absolute atomic E-state index is 12.4. The minimum Gasteiger partial charge on any atom is -0.494 e. The highest BCUT2D eigenvalue weighted by atomic mass is 16.5. The molecule has 0 atom stereocenters. The molecule has 0 bridgehead atoms. The zero-order valence-corrected chi connectivity index (χ0v) is 13.5. The van der Waals surface area contributed by atoms with E-state index in [-0.39, 0.29) is 6.03 Å². The second-order valence-corrected chi connectivity index (χ2v) is 5.81. The summed E-state index contributed by atoms with van der Waals surface area (Å²) >= 11 is 0. The number of carbonyl (C=O) groups is 1. The van der Waals surface area contributed by atoms with Crippen LogP contribution in [0.3, 0.4) is 0 Å². The molecule has 0 unspecified atom stereocenters. The van der Waals surface area contributed by atoms with Gasteiger partial charge in [0.15, 0.2) is 0 Å². The predicted molar refractivity (Wildman–Crippen MR) is 90.8 cm³/mol. The van der Waals surface area contributed by atoms with Crippen LogP contribution >= 0.6 is 0 Å². The summed E-state index contributed by atoms with van der Waals surface area (Å²) in [5.74, 6) is 0.839. The van der Waals surface area contributed by atoms with Gasteiger partial charge in [-0.2, -0.15) is 0 Å². The van der Waals surface area contributed by atoms with E-state index in [0.29, 0.717) is 6.54 Å². The smallest absolute Gasteiger partial charge is 0.322 e. The fourth-order valence-corrected chi connectivity index (χ4v) is 2.69. The van der Waals surface area contributed by atoms with Crippen molar-refractivity contribution < 1.29 is 9.53 Å². The highest BCUT2D eigenvalue weighted by Crippen LogP contribution is 2.20. The normalized spacial score (nSPS) is 13.5. The summed E-state index contributed by atoms with van der Waals surface area (Å²) in [5.41, 5.74) is 3.23. The maximum atomic E-state index is 12.4. The van der Waals surface area contributed by atoms with Gasteiger partial charge in [0.1, 0.15) is 5.75 Å². The van der Waals surface area contributed by atoms with Crippen LogP contribution in [-0.2, 0) is 13.0 Å². The summed E-state index contributed by atoms with van der Waals surface area (Å²) in [6.45, 7) is 4.26. The monoisotopic (exact) mass is 313 g/mol. The van der Waals surface area contributed by atoms with Crippen LogP contribution in [0.5, 0.6) is 5.75 Å². The summed E-state index contributed by atoms with van der Waals surface area (Å²) in [6.07, 6.45) is 4.98. The zero-order chi connectivity index (χ0) is 16.1. The Kier molecular flexibility index (Phi) is 4.86. The Balaban J connectivity index is 1.54. The number of rotatable bonds is 5. The molecule has 0 aliphatic carbocycles. The van der Waals surface area contributed by atoms with Crippen LogP contribution in [0.1, 0.15) is 31.0 Å². The molecular weight excluding hydrogens is 290 g/mol. The summed E-state index contributed by atoms with van der Waals surface area (Å²) in [4.78, 5) is 17.4. The van der Waals surface area contributed by atoms with Crippen LogP contribution in [0.2, 0.25) is 0 Å². The minimum atomic E-state index is -0.0588. The van der Waals surface area contributed by atoms with Gasteiger partial charge < -0.3 is 19.9 Å². The number of hydrogen-bond acceptors (Lipinski definition) is 2. The van der Waals surface area contributed by atoms with E-state index in [1.807, 2.05) is 41.4 Å². The molecule has 2 N–H and O–H groups in total. The first-order chi connectivity index (χ1) is 11.3. The van der Waals surface area contributed by atoms with E-state index in [1.165, 1.54) is 11.3 Å². The van der Waals surface area contributed by atoms with Crippen LogP contribution in [-0.4, -0.2) is 29.1 Å². The van der Waals surface area contributed by atoms with Gasteiger partial charge in [0.25, 0.3) is 0 Å². The number of amides is 2. The average molecular weight is 313 g/mol. The second-order valence-electron chi connectivity index (χ2n) is 5.81. The molecule has 0 radical (unpaired) electrons. The van der Waals surface area contributed by atoms with Gasteiger partial charge in [0.2, 0.25) is 0 Å². The molecule has 0 saturated heterocycles. The predicted octanol–water partition coefficient (Wildman–Crippen LogP) is 3.78. The molecule has 0 saturated carbocycles. The Bertz CT molecular complexity index is 649. The number of aromatic nitrogens is 1. The van der Waals surface area contributed by atoms with E-state index < -0.39 is 0 Å². The molecule has 1 aliphatic heterocycles. The third-order valence-electron chi connectivity index (χ3n) is 4.08. The van der Waals surface area contributed by atoms with Gasteiger partial charge in [-0.3, -0.25) is 0 Å². The van der Waals surface area contributed by atoms with E-state index in [0.717, 1.165) is 43.9 Å². The number of H-pyrrole nitrogens is 1. The lowest BCUT2D eigenvalue weighted by Gasteiger charge is -2.27. The molecule has 1 aliphatic rings. The molecule has 1 aromatic carbocycles. The first kappa shape index (κ1) is 15.5. The van der Waals surface area contributed by atoms with Crippen LogP contribution < -0.4 is 10.1 Å². The van der Waals surface area contributed by atoms with E-state index in [4.69, 9.17) is 4.74 Å².